The summed E-state index contributed by atoms with van der Waals surface area (Å²) in [6.07, 6.45) is 2.50. The number of phenols is 2. The fourth-order valence-corrected chi connectivity index (χ4v) is 2.74. The van der Waals surface area contributed by atoms with E-state index < -0.39 is 11.7 Å². The van der Waals surface area contributed by atoms with Crippen LogP contribution in [0, 0.1) is 0 Å². The quantitative estimate of drug-likeness (QED) is 0.590. The van der Waals surface area contributed by atoms with Crippen molar-refractivity contribution in [2.24, 2.45) is 0 Å². The average molecular weight is 340 g/mol. The van der Waals surface area contributed by atoms with Gasteiger partial charge in [0.1, 0.15) is 22.8 Å². The van der Waals surface area contributed by atoms with Crippen LogP contribution in [0.25, 0.3) is 6.08 Å². The molecule has 1 heterocycles. The Hall–Kier alpha value is -2.79. The van der Waals surface area contributed by atoms with E-state index in [9.17, 15) is 20.1 Å². The topological polar surface area (TPSA) is 87.0 Å². The van der Waals surface area contributed by atoms with E-state index in [1.165, 1.54) is 18.2 Å². The first-order valence-corrected chi connectivity index (χ1v) is 8.01. The Balaban J connectivity index is 1.94. The first-order chi connectivity index (χ1) is 11.8. The van der Waals surface area contributed by atoms with E-state index in [4.69, 9.17) is 4.74 Å². The molecule has 0 fully saturated rings. The number of hydrogen-bond donors (Lipinski definition) is 3. The molecule has 0 spiro atoms. The third-order valence-electron chi connectivity index (χ3n) is 4.39. The van der Waals surface area contributed by atoms with Gasteiger partial charge in [-0.3, -0.25) is 4.79 Å². The van der Waals surface area contributed by atoms with Crippen molar-refractivity contribution in [1.82, 2.24) is 0 Å². The second-order valence-corrected chi connectivity index (χ2v) is 6.65. The van der Waals surface area contributed by atoms with Gasteiger partial charge in [0.15, 0.2) is 5.78 Å². The molecule has 0 saturated heterocycles. The zero-order valence-electron chi connectivity index (χ0n) is 14.1. The van der Waals surface area contributed by atoms with E-state index >= 15 is 0 Å². The Kier molecular flexibility index (Phi) is 4.27. The van der Waals surface area contributed by atoms with Crippen LogP contribution >= 0.6 is 0 Å². The number of hydrogen-bond acceptors (Lipinski definition) is 5. The minimum Gasteiger partial charge on any atom is -0.508 e. The lowest BCUT2D eigenvalue weighted by atomic mass is 9.88. The summed E-state index contributed by atoms with van der Waals surface area (Å²) in [6, 6.07) is 9.43. The maximum atomic E-state index is 12.6. The number of carbonyl (C=O) groups is 1. The number of rotatable bonds is 3. The molecule has 3 rings (SSSR count). The Labute approximate surface area is 145 Å². The molecule has 5 nitrogen and oxygen atoms in total. The van der Waals surface area contributed by atoms with Crippen LogP contribution in [0.5, 0.6) is 17.2 Å². The summed E-state index contributed by atoms with van der Waals surface area (Å²) >= 11 is 0. The van der Waals surface area contributed by atoms with Crippen LogP contribution in [0.1, 0.15) is 35.3 Å². The molecule has 0 unspecified atom stereocenters. The van der Waals surface area contributed by atoms with Gasteiger partial charge in [-0.2, -0.15) is 0 Å². The van der Waals surface area contributed by atoms with Crippen molar-refractivity contribution >= 4 is 11.9 Å². The Morgan fingerprint density at radius 2 is 1.84 bits per heavy atom. The molecule has 25 heavy (non-hydrogen) atoms. The molecule has 130 valence electrons. The van der Waals surface area contributed by atoms with Gasteiger partial charge in [0.25, 0.3) is 0 Å². The summed E-state index contributed by atoms with van der Waals surface area (Å²) in [6.45, 7) is 3.48. The van der Waals surface area contributed by atoms with Crippen molar-refractivity contribution in [3.63, 3.8) is 0 Å². The highest BCUT2D eigenvalue weighted by atomic mass is 16.5. The summed E-state index contributed by atoms with van der Waals surface area (Å²) in [5.74, 6) is 0.209. The van der Waals surface area contributed by atoms with Gasteiger partial charge >= 0.3 is 0 Å². The van der Waals surface area contributed by atoms with Crippen molar-refractivity contribution in [3.8, 4) is 17.2 Å². The lowest BCUT2D eigenvalue weighted by molar-refractivity contribution is -0.0420. The van der Waals surface area contributed by atoms with Gasteiger partial charge in [0, 0.05) is 12.0 Å². The molecule has 3 N–H and O–H groups in total. The zero-order chi connectivity index (χ0) is 18.2. The van der Waals surface area contributed by atoms with Crippen molar-refractivity contribution in [1.29, 1.82) is 0 Å². The van der Waals surface area contributed by atoms with E-state index in [1.807, 2.05) is 0 Å². The molecule has 1 atom stereocenters. The number of ether oxygens (including phenoxy) is 1. The van der Waals surface area contributed by atoms with Gasteiger partial charge < -0.3 is 20.1 Å². The molecule has 1 aliphatic rings. The minimum atomic E-state index is -0.851. The highest BCUT2D eigenvalue weighted by Gasteiger charge is 2.38. The van der Waals surface area contributed by atoms with Crippen LogP contribution in [-0.2, 0) is 6.42 Å². The van der Waals surface area contributed by atoms with E-state index in [-0.39, 0.29) is 23.7 Å². The van der Waals surface area contributed by atoms with Gasteiger partial charge in [-0.05, 0) is 49.8 Å². The number of ketones is 1. The predicted octanol–water partition coefficient (Wildman–Crippen LogP) is 3.07. The Bertz CT molecular complexity index is 834. The number of carbonyl (C=O) groups excluding carboxylic acids is 1. The van der Waals surface area contributed by atoms with Gasteiger partial charge in [0.05, 0.1) is 11.7 Å². The van der Waals surface area contributed by atoms with Crippen molar-refractivity contribution in [2.75, 3.05) is 0 Å². The largest absolute Gasteiger partial charge is 0.508 e. The van der Waals surface area contributed by atoms with E-state index in [1.54, 1.807) is 44.2 Å². The number of allylic oxidation sites excluding steroid dienone is 1. The van der Waals surface area contributed by atoms with Crippen LogP contribution in [0.4, 0.5) is 0 Å². The number of aliphatic hydroxyl groups excluding tert-OH is 1. The third-order valence-corrected chi connectivity index (χ3v) is 4.39. The van der Waals surface area contributed by atoms with Gasteiger partial charge in [-0.1, -0.05) is 18.2 Å². The summed E-state index contributed by atoms with van der Waals surface area (Å²) in [4.78, 5) is 12.6. The maximum absolute atomic E-state index is 12.6. The SMILES string of the molecule is CC1(C)Oc2c(C(=O)/C=C/c3ccc(O)cc3)ccc(O)c2C[C@@H]1O. The van der Waals surface area contributed by atoms with Crippen LogP contribution in [0.3, 0.4) is 0 Å². The van der Waals surface area contributed by atoms with Crippen LogP contribution in [0.2, 0.25) is 0 Å². The molecule has 5 heteroatoms. The first-order valence-electron chi connectivity index (χ1n) is 8.01. The molecule has 0 radical (unpaired) electrons. The van der Waals surface area contributed by atoms with E-state index in [0.717, 1.165) is 5.56 Å². The van der Waals surface area contributed by atoms with Gasteiger partial charge in [-0.15, -0.1) is 0 Å². The highest BCUT2D eigenvalue weighted by molar-refractivity contribution is 6.09. The molecular formula is C20H20O5. The fraction of sp³-hybridized carbons (Fsp3) is 0.250. The van der Waals surface area contributed by atoms with Crippen molar-refractivity contribution in [2.45, 2.75) is 32.0 Å². The fourth-order valence-electron chi connectivity index (χ4n) is 2.74. The second kappa shape index (κ2) is 6.26. The molecule has 2 aromatic carbocycles. The summed E-state index contributed by atoms with van der Waals surface area (Å²) in [7, 11) is 0. The highest BCUT2D eigenvalue weighted by Crippen LogP contribution is 2.41. The van der Waals surface area contributed by atoms with Crippen molar-refractivity contribution in [3.05, 3.63) is 59.2 Å². The molecular weight excluding hydrogens is 320 g/mol. The molecule has 0 bridgehead atoms. The predicted molar refractivity (Wildman–Crippen MR) is 94.0 cm³/mol. The Morgan fingerprint density at radius 3 is 2.52 bits per heavy atom. The molecule has 0 aromatic heterocycles. The van der Waals surface area contributed by atoms with Gasteiger partial charge in [-0.25, -0.2) is 0 Å². The normalized spacial score (nSPS) is 18.6. The van der Waals surface area contributed by atoms with Crippen LogP contribution < -0.4 is 4.74 Å². The summed E-state index contributed by atoms with van der Waals surface area (Å²) < 4.78 is 5.83. The molecule has 1 aliphatic heterocycles. The van der Waals surface area contributed by atoms with Crippen LogP contribution in [0.15, 0.2) is 42.5 Å². The smallest absolute Gasteiger partial charge is 0.189 e. The first kappa shape index (κ1) is 17.0. The molecule has 2 aromatic rings. The number of benzene rings is 2. The van der Waals surface area contributed by atoms with Crippen molar-refractivity contribution < 1.29 is 24.9 Å². The number of phenolic OH excluding ortho intramolecular Hbond substituents is 2. The molecule has 0 aliphatic carbocycles. The lowest BCUT2D eigenvalue weighted by Gasteiger charge is -2.37. The monoisotopic (exact) mass is 340 g/mol. The second-order valence-electron chi connectivity index (χ2n) is 6.65. The zero-order valence-corrected chi connectivity index (χ0v) is 14.1. The van der Waals surface area contributed by atoms with Crippen LogP contribution in [-0.4, -0.2) is 32.8 Å². The Morgan fingerprint density at radius 1 is 1.16 bits per heavy atom. The molecule has 0 saturated carbocycles. The standard InChI is InChI=1S/C20H20O5/c1-20(2)18(24)11-15-17(23)10-8-14(19(15)25-20)16(22)9-5-12-3-6-13(21)7-4-12/h3-10,18,21,23-24H,11H2,1-2H3/b9-5+/t18-/m0/s1. The minimum absolute atomic E-state index is 0.00335. The number of fused-ring (bicyclic) bond motifs is 1. The number of aliphatic hydroxyl groups is 1. The van der Waals surface area contributed by atoms with E-state index in [2.05, 4.69) is 0 Å². The summed E-state index contributed by atoms with van der Waals surface area (Å²) in [5.41, 5.74) is 0.699. The lowest BCUT2D eigenvalue weighted by Crippen LogP contribution is -2.46. The molecule has 0 amide bonds. The van der Waals surface area contributed by atoms with E-state index in [0.29, 0.717) is 16.9 Å². The number of aromatic hydroxyl groups is 2. The maximum Gasteiger partial charge on any atom is 0.189 e. The average Bonchev–Trinajstić information content (AvgIpc) is 2.56. The van der Waals surface area contributed by atoms with Gasteiger partial charge in [0.2, 0.25) is 0 Å². The summed E-state index contributed by atoms with van der Waals surface area (Å²) in [5, 5.41) is 29.5. The third kappa shape index (κ3) is 3.37.